The molecule has 158 valence electrons. The molecule has 0 radical (unpaired) electrons. The average molecular weight is 411 g/mol. The third-order valence-electron chi connectivity index (χ3n) is 5.15. The van der Waals surface area contributed by atoms with E-state index in [0.29, 0.717) is 5.92 Å². The quantitative estimate of drug-likeness (QED) is 0.716. The van der Waals surface area contributed by atoms with E-state index >= 15 is 0 Å². The van der Waals surface area contributed by atoms with Crippen molar-refractivity contribution in [1.29, 1.82) is 0 Å². The van der Waals surface area contributed by atoms with Gasteiger partial charge in [0.25, 0.3) is 0 Å². The fraction of sp³-hybridized carbons (Fsp3) is 0.667. The van der Waals surface area contributed by atoms with Crippen LogP contribution in [0.3, 0.4) is 0 Å². The van der Waals surface area contributed by atoms with Crippen LogP contribution in [0.1, 0.15) is 65.9 Å². The van der Waals surface area contributed by atoms with E-state index < -0.39 is 15.6 Å². The molecule has 0 aromatic heterocycles. The van der Waals surface area contributed by atoms with Crippen LogP contribution in [-0.2, 0) is 21.2 Å². The first-order valence-corrected chi connectivity index (χ1v) is 11.4. The molecule has 0 saturated carbocycles. The normalized spacial score (nSPS) is 19.6. The number of hydrogen-bond acceptors (Lipinski definition) is 4. The summed E-state index contributed by atoms with van der Waals surface area (Å²) in [5.41, 5.74) is 0.440. The highest BCUT2D eigenvalue weighted by Crippen LogP contribution is 2.36. The molecule has 1 aromatic carbocycles. The van der Waals surface area contributed by atoms with Crippen molar-refractivity contribution in [3.05, 3.63) is 29.8 Å². The first-order chi connectivity index (χ1) is 12.8. The predicted octanol–water partition coefficient (Wildman–Crippen LogP) is 4.08. The molecule has 0 unspecified atom stereocenters. The summed E-state index contributed by atoms with van der Waals surface area (Å²) in [7, 11) is -3.63. The van der Waals surface area contributed by atoms with Gasteiger partial charge in [0.05, 0.1) is 4.90 Å². The largest absolute Gasteiger partial charge is 0.444 e. The van der Waals surface area contributed by atoms with E-state index in [1.54, 1.807) is 12.1 Å². The molecule has 1 atom stereocenters. The number of ether oxygens (including phenoxy) is 1. The molecule has 1 heterocycles. The van der Waals surface area contributed by atoms with Crippen molar-refractivity contribution in [2.24, 2.45) is 11.1 Å². The number of nitrogens with zero attached hydrogens (tertiary/aromatic N) is 1. The smallest absolute Gasteiger partial charge is 0.410 e. The number of amides is 1. The molecule has 28 heavy (non-hydrogen) atoms. The average Bonchev–Trinajstić information content (AvgIpc) is 2.84. The van der Waals surface area contributed by atoms with Crippen LogP contribution in [0.2, 0.25) is 0 Å². The Kier molecular flexibility index (Phi) is 6.82. The van der Waals surface area contributed by atoms with Gasteiger partial charge in [-0.1, -0.05) is 18.6 Å². The Morgan fingerprint density at radius 1 is 1.21 bits per heavy atom. The van der Waals surface area contributed by atoms with Crippen LogP contribution in [0.15, 0.2) is 29.2 Å². The molecule has 0 bridgehead atoms. The van der Waals surface area contributed by atoms with Gasteiger partial charge in [-0.25, -0.2) is 18.4 Å². The standard InChI is InChI=1S/C21H34N2O4S/c1-20(2,3)27-19(24)23-15-17(14-21(23,4)5)9-7-6-8-16-10-12-18(13-11-16)28(22,25)26/h10-13,17H,6-9,14-15H2,1-5H3,(H2,22,25,26)/t17-/m0/s1. The van der Waals surface area contributed by atoms with Gasteiger partial charge in [-0.05, 0) is 83.9 Å². The van der Waals surface area contributed by atoms with Gasteiger partial charge < -0.3 is 9.64 Å². The summed E-state index contributed by atoms with van der Waals surface area (Å²) in [6, 6.07) is 6.76. The number of sulfonamides is 1. The molecular weight excluding hydrogens is 376 g/mol. The number of nitrogens with two attached hydrogens (primary N) is 1. The fourth-order valence-corrected chi connectivity index (χ4v) is 4.34. The van der Waals surface area contributed by atoms with Crippen molar-refractivity contribution in [1.82, 2.24) is 4.90 Å². The van der Waals surface area contributed by atoms with E-state index in [9.17, 15) is 13.2 Å². The highest BCUT2D eigenvalue weighted by molar-refractivity contribution is 7.89. The highest BCUT2D eigenvalue weighted by atomic mass is 32.2. The molecule has 0 aliphatic carbocycles. The maximum atomic E-state index is 12.5. The second-order valence-corrected chi connectivity index (χ2v) is 11.0. The van der Waals surface area contributed by atoms with Gasteiger partial charge in [-0.3, -0.25) is 0 Å². The number of likely N-dealkylation sites (tertiary alicyclic amines) is 1. The molecule has 1 aliphatic rings. The van der Waals surface area contributed by atoms with E-state index in [0.717, 1.165) is 44.2 Å². The van der Waals surface area contributed by atoms with Crippen LogP contribution in [-0.4, -0.2) is 37.1 Å². The molecule has 1 fully saturated rings. The maximum Gasteiger partial charge on any atom is 0.410 e. The summed E-state index contributed by atoms with van der Waals surface area (Å²) in [6.07, 6.45) is 4.82. The van der Waals surface area contributed by atoms with Crippen LogP contribution < -0.4 is 5.14 Å². The Labute approximate surface area is 169 Å². The van der Waals surface area contributed by atoms with Crippen molar-refractivity contribution in [3.8, 4) is 0 Å². The maximum absolute atomic E-state index is 12.5. The number of rotatable bonds is 6. The number of aryl methyl sites for hydroxylation is 1. The minimum absolute atomic E-state index is 0.145. The molecule has 2 N–H and O–H groups in total. The van der Waals surface area contributed by atoms with Crippen LogP contribution in [0, 0.1) is 5.92 Å². The van der Waals surface area contributed by atoms with Crippen LogP contribution in [0.25, 0.3) is 0 Å². The number of carbonyl (C=O) groups excluding carboxylic acids is 1. The summed E-state index contributed by atoms with van der Waals surface area (Å²) in [5.74, 6) is 0.479. The zero-order chi connectivity index (χ0) is 21.2. The predicted molar refractivity (Wildman–Crippen MR) is 110 cm³/mol. The molecule has 6 nitrogen and oxygen atoms in total. The number of hydrogen-bond donors (Lipinski definition) is 1. The van der Waals surface area contributed by atoms with Crippen LogP contribution >= 0.6 is 0 Å². The van der Waals surface area contributed by atoms with Gasteiger partial charge in [-0.15, -0.1) is 0 Å². The molecule has 2 rings (SSSR count). The lowest BCUT2D eigenvalue weighted by molar-refractivity contribution is 0.0131. The van der Waals surface area contributed by atoms with Gasteiger partial charge >= 0.3 is 6.09 Å². The molecule has 0 spiro atoms. The third-order valence-corrected chi connectivity index (χ3v) is 6.08. The number of carbonyl (C=O) groups is 1. The zero-order valence-corrected chi connectivity index (χ0v) is 18.5. The van der Waals surface area contributed by atoms with Crippen molar-refractivity contribution < 1.29 is 17.9 Å². The molecule has 1 saturated heterocycles. The lowest BCUT2D eigenvalue weighted by atomic mass is 9.92. The fourth-order valence-electron chi connectivity index (χ4n) is 3.83. The summed E-state index contributed by atoms with van der Waals surface area (Å²) in [5, 5.41) is 5.12. The van der Waals surface area contributed by atoms with Crippen molar-refractivity contribution in [3.63, 3.8) is 0 Å². The minimum Gasteiger partial charge on any atom is -0.444 e. The van der Waals surface area contributed by atoms with Crippen molar-refractivity contribution in [2.75, 3.05) is 6.54 Å². The summed E-state index contributed by atoms with van der Waals surface area (Å²) in [4.78, 5) is 14.5. The van der Waals surface area contributed by atoms with E-state index in [1.165, 1.54) is 0 Å². The number of benzene rings is 1. The Balaban J connectivity index is 1.80. The topological polar surface area (TPSA) is 89.7 Å². The molecule has 7 heteroatoms. The second kappa shape index (κ2) is 8.41. The van der Waals surface area contributed by atoms with Gasteiger partial charge in [0.1, 0.15) is 5.60 Å². The molecule has 1 amide bonds. The Morgan fingerprint density at radius 3 is 2.36 bits per heavy atom. The van der Waals surface area contributed by atoms with E-state index in [1.807, 2.05) is 37.8 Å². The van der Waals surface area contributed by atoms with Crippen LogP contribution in [0.4, 0.5) is 4.79 Å². The number of primary sulfonamides is 1. The summed E-state index contributed by atoms with van der Waals surface area (Å²) < 4.78 is 28.1. The van der Waals surface area contributed by atoms with E-state index in [2.05, 4.69) is 13.8 Å². The van der Waals surface area contributed by atoms with E-state index in [-0.39, 0.29) is 16.5 Å². The van der Waals surface area contributed by atoms with Gasteiger partial charge in [0, 0.05) is 12.1 Å². The Morgan fingerprint density at radius 2 is 1.82 bits per heavy atom. The highest BCUT2D eigenvalue weighted by Gasteiger charge is 2.42. The first-order valence-electron chi connectivity index (χ1n) is 9.90. The minimum atomic E-state index is -3.63. The van der Waals surface area contributed by atoms with Gasteiger partial charge in [0.2, 0.25) is 10.0 Å². The lowest BCUT2D eigenvalue weighted by Crippen LogP contribution is -2.45. The van der Waals surface area contributed by atoms with Crippen molar-refractivity contribution in [2.45, 2.75) is 82.8 Å². The Bertz CT molecular complexity index is 780. The SMILES string of the molecule is CC(C)(C)OC(=O)N1C[C@@H](CCCCc2ccc(S(N)(=O)=O)cc2)CC1(C)C. The zero-order valence-electron chi connectivity index (χ0n) is 17.7. The molecule has 1 aliphatic heterocycles. The van der Waals surface area contributed by atoms with Crippen LogP contribution in [0.5, 0.6) is 0 Å². The Hall–Kier alpha value is -1.60. The monoisotopic (exact) mass is 410 g/mol. The number of unbranched alkanes of at least 4 members (excludes halogenated alkanes) is 1. The molecule has 1 aromatic rings. The first kappa shape index (κ1) is 22.7. The van der Waals surface area contributed by atoms with Gasteiger partial charge in [0.15, 0.2) is 0 Å². The summed E-state index contributed by atoms with van der Waals surface area (Å²) in [6.45, 7) is 10.6. The van der Waals surface area contributed by atoms with Crippen molar-refractivity contribution >= 4 is 16.1 Å². The summed E-state index contributed by atoms with van der Waals surface area (Å²) >= 11 is 0. The molecular formula is C21H34N2O4S. The third kappa shape index (κ3) is 6.48. The van der Waals surface area contributed by atoms with Gasteiger partial charge in [-0.2, -0.15) is 0 Å². The lowest BCUT2D eigenvalue weighted by Gasteiger charge is -2.33. The van der Waals surface area contributed by atoms with E-state index in [4.69, 9.17) is 9.88 Å². The second-order valence-electron chi connectivity index (χ2n) is 9.41.